The van der Waals surface area contributed by atoms with Crippen molar-refractivity contribution in [3.05, 3.63) is 12.7 Å². The summed E-state index contributed by atoms with van der Waals surface area (Å²) in [5.74, 6) is -0.452. The molecule has 0 aliphatic rings. The summed E-state index contributed by atoms with van der Waals surface area (Å²) in [5, 5.41) is 0. The molecule has 0 bridgehead atoms. The Morgan fingerprint density at radius 2 is 2.33 bits per heavy atom. The number of rotatable bonds is 5. The summed E-state index contributed by atoms with van der Waals surface area (Å²) >= 11 is 0. The van der Waals surface area contributed by atoms with Gasteiger partial charge >= 0.3 is 5.97 Å². The number of hydrogen-bond donors (Lipinski definition) is 1. The van der Waals surface area contributed by atoms with E-state index in [1.54, 1.807) is 0 Å². The standard InChI is InChI=1S/C8H15O3Si/c1-4-7(9)11-8(5-2)12(10)6-3/h4,8,10H,1,5-6H2,2-3H3. The van der Waals surface area contributed by atoms with Gasteiger partial charge in [0, 0.05) is 6.08 Å². The van der Waals surface area contributed by atoms with Gasteiger partial charge in [-0.2, -0.15) is 0 Å². The predicted octanol–water partition coefficient (Wildman–Crippen LogP) is 1.04. The first-order valence-electron chi connectivity index (χ1n) is 4.03. The molecule has 0 aliphatic carbocycles. The molecule has 4 heteroatoms. The van der Waals surface area contributed by atoms with Gasteiger partial charge in [0.15, 0.2) is 0 Å². The molecule has 1 atom stereocenters. The van der Waals surface area contributed by atoms with Gasteiger partial charge in [-0.05, 0) is 12.5 Å². The molecule has 0 spiro atoms. The summed E-state index contributed by atoms with van der Waals surface area (Å²) in [7, 11) is -1.51. The van der Waals surface area contributed by atoms with E-state index in [9.17, 15) is 9.59 Å². The van der Waals surface area contributed by atoms with Gasteiger partial charge in [0.25, 0.3) is 9.04 Å². The summed E-state index contributed by atoms with van der Waals surface area (Å²) in [6.45, 7) is 7.06. The quantitative estimate of drug-likeness (QED) is 0.397. The average Bonchev–Trinajstić information content (AvgIpc) is 2.12. The van der Waals surface area contributed by atoms with E-state index in [-0.39, 0.29) is 5.73 Å². The van der Waals surface area contributed by atoms with Crippen molar-refractivity contribution < 1.29 is 14.3 Å². The molecular weight excluding hydrogens is 172 g/mol. The van der Waals surface area contributed by atoms with E-state index in [2.05, 4.69) is 6.58 Å². The van der Waals surface area contributed by atoms with Crippen LogP contribution in [0.25, 0.3) is 0 Å². The third-order valence-corrected chi connectivity index (χ3v) is 3.52. The lowest BCUT2D eigenvalue weighted by atomic mass is 10.5. The summed E-state index contributed by atoms with van der Waals surface area (Å²) in [6, 6.07) is 0.688. The molecule has 1 N–H and O–H groups in total. The molecule has 0 aromatic heterocycles. The maximum atomic E-state index is 10.8. The molecule has 3 nitrogen and oxygen atoms in total. The maximum Gasteiger partial charge on any atom is 0.330 e. The normalized spacial score (nSPS) is 12.7. The largest absolute Gasteiger partial charge is 0.460 e. The van der Waals surface area contributed by atoms with Crippen molar-refractivity contribution in [2.75, 3.05) is 0 Å². The minimum Gasteiger partial charge on any atom is -0.460 e. The Kier molecular flexibility index (Phi) is 5.66. The zero-order valence-corrected chi connectivity index (χ0v) is 8.54. The first-order valence-corrected chi connectivity index (χ1v) is 5.76. The second kappa shape index (κ2) is 5.96. The van der Waals surface area contributed by atoms with Crippen LogP contribution in [0.2, 0.25) is 6.04 Å². The molecule has 0 saturated heterocycles. The summed E-state index contributed by atoms with van der Waals surface area (Å²) in [5.41, 5.74) is -0.300. The van der Waals surface area contributed by atoms with Crippen LogP contribution < -0.4 is 0 Å². The zero-order valence-electron chi connectivity index (χ0n) is 7.54. The van der Waals surface area contributed by atoms with E-state index < -0.39 is 15.0 Å². The Bertz CT molecular complexity index is 158. The van der Waals surface area contributed by atoms with E-state index in [4.69, 9.17) is 4.74 Å². The topological polar surface area (TPSA) is 46.5 Å². The Morgan fingerprint density at radius 1 is 1.75 bits per heavy atom. The van der Waals surface area contributed by atoms with Crippen LogP contribution in [0.3, 0.4) is 0 Å². The molecule has 0 fully saturated rings. The van der Waals surface area contributed by atoms with Crippen LogP contribution in [0.4, 0.5) is 0 Å². The zero-order chi connectivity index (χ0) is 9.56. The Balaban J connectivity index is 3.98. The highest BCUT2D eigenvalue weighted by Gasteiger charge is 2.21. The summed E-state index contributed by atoms with van der Waals surface area (Å²) < 4.78 is 4.94. The Labute approximate surface area is 74.8 Å². The van der Waals surface area contributed by atoms with Gasteiger partial charge in [-0.3, -0.25) is 0 Å². The van der Waals surface area contributed by atoms with Crippen molar-refractivity contribution in [3.63, 3.8) is 0 Å². The smallest absolute Gasteiger partial charge is 0.330 e. The number of esters is 1. The highest BCUT2D eigenvalue weighted by Crippen LogP contribution is 2.05. The van der Waals surface area contributed by atoms with E-state index in [0.717, 1.165) is 6.08 Å². The first-order chi connectivity index (χ1) is 5.65. The molecule has 0 saturated carbocycles. The molecule has 12 heavy (non-hydrogen) atoms. The van der Waals surface area contributed by atoms with E-state index in [1.165, 1.54) is 0 Å². The van der Waals surface area contributed by atoms with Crippen molar-refractivity contribution in [1.29, 1.82) is 0 Å². The van der Waals surface area contributed by atoms with E-state index >= 15 is 0 Å². The molecule has 0 aromatic carbocycles. The number of carbonyl (C=O) groups excluding carboxylic acids is 1. The fourth-order valence-corrected chi connectivity index (χ4v) is 1.98. The van der Waals surface area contributed by atoms with Crippen molar-refractivity contribution >= 4 is 15.0 Å². The fraction of sp³-hybridized carbons (Fsp3) is 0.625. The molecule has 69 valence electrons. The monoisotopic (exact) mass is 187 g/mol. The number of carbonyl (C=O) groups is 1. The molecule has 0 aliphatic heterocycles. The van der Waals surface area contributed by atoms with Gasteiger partial charge in [0.1, 0.15) is 5.73 Å². The van der Waals surface area contributed by atoms with E-state index in [0.29, 0.717) is 12.5 Å². The van der Waals surface area contributed by atoms with Crippen LogP contribution in [0.1, 0.15) is 20.3 Å². The second-order valence-corrected chi connectivity index (χ2v) is 4.72. The van der Waals surface area contributed by atoms with Crippen molar-refractivity contribution in [1.82, 2.24) is 0 Å². The summed E-state index contributed by atoms with van der Waals surface area (Å²) in [4.78, 5) is 20.2. The van der Waals surface area contributed by atoms with Gasteiger partial charge in [-0.15, -0.1) is 0 Å². The molecule has 0 heterocycles. The number of hydrogen-bond acceptors (Lipinski definition) is 3. The van der Waals surface area contributed by atoms with Gasteiger partial charge in [0.05, 0.1) is 0 Å². The molecule has 1 unspecified atom stereocenters. The third-order valence-electron chi connectivity index (χ3n) is 1.53. The maximum absolute atomic E-state index is 10.8. The minimum atomic E-state index is -1.51. The highest BCUT2D eigenvalue weighted by atomic mass is 28.3. The van der Waals surface area contributed by atoms with Crippen molar-refractivity contribution in [3.8, 4) is 0 Å². The van der Waals surface area contributed by atoms with Gasteiger partial charge in [-0.1, -0.05) is 20.4 Å². The second-order valence-electron chi connectivity index (χ2n) is 2.38. The predicted molar refractivity (Wildman–Crippen MR) is 48.8 cm³/mol. The van der Waals surface area contributed by atoms with Crippen LogP contribution in [0, 0.1) is 0 Å². The lowest BCUT2D eigenvalue weighted by Crippen LogP contribution is -2.33. The summed E-state index contributed by atoms with van der Waals surface area (Å²) in [6.07, 6.45) is 1.78. The fourth-order valence-electron chi connectivity index (χ4n) is 0.803. The van der Waals surface area contributed by atoms with Crippen molar-refractivity contribution in [2.45, 2.75) is 32.0 Å². The van der Waals surface area contributed by atoms with Crippen LogP contribution in [0.15, 0.2) is 12.7 Å². The van der Waals surface area contributed by atoms with Crippen LogP contribution in [-0.2, 0) is 9.53 Å². The first kappa shape index (κ1) is 11.4. The van der Waals surface area contributed by atoms with Crippen LogP contribution >= 0.6 is 0 Å². The van der Waals surface area contributed by atoms with Gasteiger partial charge < -0.3 is 9.53 Å². The molecule has 0 rings (SSSR count). The van der Waals surface area contributed by atoms with Crippen molar-refractivity contribution in [2.24, 2.45) is 0 Å². The lowest BCUT2D eigenvalue weighted by molar-refractivity contribution is -0.140. The molecule has 0 amide bonds. The van der Waals surface area contributed by atoms with Crippen LogP contribution in [-0.4, -0.2) is 25.5 Å². The Hall–Kier alpha value is -0.613. The van der Waals surface area contributed by atoms with E-state index in [1.807, 2.05) is 13.8 Å². The molecule has 0 aromatic rings. The third kappa shape index (κ3) is 3.68. The van der Waals surface area contributed by atoms with Crippen LogP contribution in [0.5, 0.6) is 0 Å². The number of ether oxygens (including phenoxy) is 1. The minimum absolute atomic E-state index is 0.300. The lowest BCUT2D eigenvalue weighted by Gasteiger charge is -2.17. The Morgan fingerprint density at radius 3 is 2.67 bits per heavy atom. The average molecular weight is 187 g/mol. The van der Waals surface area contributed by atoms with Gasteiger partial charge in [-0.25, -0.2) is 4.79 Å². The highest BCUT2D eigenvalue weighted by molar-refractivity contribution is 6.51. The van der Waals surface area contributed by atoms with Gasteiger partial charge in [0.2, 0.25) is 0 Å². The molecular formula is C8H15O3Si. The SMILES string of the molecule is C=CC(=O)OC(CC)[Si](O)CC. The molecule has 1 radical (unpaired) electrons.